The van der Waals surface area contributed by atoms with Gasteiger partial charge in [0.1, 0.15) is 6.10 Å². The zero-order chi connectivity index (χ0) is 12.3. The fraction of sp³-hybridized carbons (Fsp3) is 0.417. The van der Waals surface area contributed by atoms with Crippen LogP contribution in [0.1, 0.15) is 6.42 Å². The van der Waals surface area contributed by atoms with Gasteiger partial charge in [-0.2, -0.15) is 0 Å². The summed E-state index contributed by atoms with van der Waals surface area (Å²) in [5.41, 5.74) is 0. The largest absolute Gasteiger partial charge is 0.493 e. The molecule has 0 N–H and O–H groups in total. The van der Waals surface area contributed by atoms with Crippen LogP contribution < -0.4 is 9.47 Å². The summed E-state index contributed by atoms with van der Waals surface area (Å²) in [6.45, 7) is 1.59. The topological polar surface area (TPSA) is 21.7 Å². The van der Waals surface area contributed by atoms with Crippen LogP contribution in [0.15, 0.2) is 24.3 Å². The predicted molar refractivity (Wildman–Crippen MR) is 72.1 cm³/mol. The molecule has 0 amide bonds. The molecule has 1 aromatic rings. The number of benzene rings is 1. The first-order chi connectivity index (χ1) is 8.20. The Labute approximate surface area is 111 Å². The smallest absolute Gasteiger partial charge is 0.170 e. The van der Waals surface area contributed by atoms with E-state index in [4.69, 9.17) is 33.3 Å². The van der Waals surface area contributed by atoms with Gasteiger partial charge in [0, 0.05) is 13.0 Å². The van der Waals surface area contributed by atoms with Gasteiger partial charge in [0.2, 0.25) is 0 Å². The molecule has 1 aliphatic rings. The Hall–Kier alpha value is -1.00. The molecule has 3 nitrogen and oxygen atoms in total. The first-order valence-electron chi connectivity index (χ1n) is 5.45. The highest BCUT2D eigenvalue weighted by atomic mass is 35.5. The second-order valence-corrected chi connectivity index (χ2v) is 4.85. The van der Waals surface area contributed by atoms with E-state index in [1.165, 1.54) is 0 Å². The molecular weight excluding hydrogens is 258 g/mol. The zero-order valence-corrected chi connectivity index (χ0v) is 11.1. The number of para-hydroxylation sites is 2. The average molecular weight is 272 g/mol. The molecule has 0 aliphatic carbocycles. The first kappa shape index (κ1) is 12.5. The highest BCUT2D eigenvalue weighted by Gasteiger charge is 2.25. The van der Waals surface area contributed by atoms with Crippen LogP contribution in [0.25, 0.3) is 0 Å². The second-order valence-electron chi connectivity index (χ2n) is 3.88. The Morgan fingerprint density at radius 3 is 2.71 bits per heavy atom. The molecule has 0 aromatic heterocycles. The van der Waals surface area contributed by atoms with Crippen LogP contribution in [0.3, 0.4) is 0 Å². The monoisotopic (exact) mass is 271 g/mol. The number of nitrogens with zero attached hydrogens (tertiary/aromatic N) is 1. The number of hydrogen-bond donors (Lipinski definition) is 0. The van der Waals surface area contributed by atoms with E-state index < -0.39 is 0 Å². The number of thiocarbonyl (C=S) groups is 1. The van der Waals surface area contributed by atoms with Gasteiger partial charge < -0.3 is 14.4 Å². The molecule has 92 valence electrons. The fourth-order valence-electron chi connectivity index (χ4n) is 1.88. The minimum atomic E-state index is 0.114. The van der Waals surface area contributed by atoms with Crippen LogP contribution in [0.2, 0.25) is 0 Å². The van der Waals surface area contributed by atoms with E-state index in [0.29, 0.717) is 4.45 Å². The molecule has 0 radical (unpaired) electrons. The summed E-state index contributed by atoms with van der Waals surface area (Å²) in [5.74, 6) is 1.52. The fourth-order valence-corrected chi connectivity index (χ4v) is 2.20. The number of methoxy groups -OCH3 is 1. The Bertz CT molecular complexity index is 413. The summed E-state index contributed by atoms with van der Waals surface area (Å²) < 4.78 is 11.5. The maximum absolute atomic E-state index is 5.89. The third-order valence-corrected chi connectivity index (χ3v) is 3.25. The van der Waals surface area contributed by atoms with E-state index in [1.54, 1.807) is 7.11 Å². The molecular formula is C12H14ClNO2S. The molecule has 5 heteroatoms. The average Bonchev–Trinajstić information content (AvgIpc) is 2.78. The predicted octanol–water partition coefficient (Wildman–Crippen LogP) is 2.67. The van der Waals surface area contributed by atoms with Gasteiger partial charge in [0.25, 0.3) is 0 Å². The lowest BCUT2D eigenvalue weighted by atomic mass is 10.3. The van der Waals surface area contributed by atoms with Crippen molar-refractivity contribution in [3.05, 3.63) is 24.3 Å². The molecule has 1 aromatic carbocycles. The lowest BCUT2D eigenvalue weighted by Crippen LogP contribution is -2.26. The maximum Gasteiger partial charge on any atom is 0.170 e. The first-order valence-corrected chi connectivity index (χ1v) is 6.23. The van der Waals surface area contributed by atoms with Crippen molar-refractivity contribution in [3.8, 4) is 11.5 Å². The summed E-state index contributed by atoms with van der Waals surface area (Å²) in [6.07, 6.45) is 1.04. The van der Waals surface area contributed by atoms with Gasteiger partial charge in [-0.15, -0.1) is 0 Å². The molecule has 1 aliphatic heterocycles. The van der Waals surface area contributed by atoms with Crippen LogP contribution in [-0.4, -0.2) is 35.7 Å². The van der Waals surface area contributed by atoms with Crippen molar-refractivity contribution in [1.82, 2.24) is 4.90 Å². The van der Waals surface area contributed by atoms with E-state index in [9.17, 15) is 0 Å². The van der Waals surface area contributed by atoms with E-state index in [1.807, 2.05) is 29.2 Å². The van der Waals surface area contributed by atoms with E-state index >= 15 is 0 Å². The quantitative estimate of drug-likeness (QED) is 0.479. The number of halogens is 1. The maximum atomic E-state index is 5.89. The molecule has 0 spiro atoms. The summed E-state index contributed by atoms with van der Waals surface area (Å²) in [4.78, 5) is 1.94. The van der Waals surface area contributed by atoms with Gasteiger partial charge in [-0.1, -0.05) is 23.7 Å². The highest BCUT2D eigenvalue weighted by Crippen LogP contribution is 2.28. The molecule has 1 atom stereocenters. The number of hydrogen-bond acceptors (Lipinski definition) is 3. The Morgan fingerprint density at radius 2 is 2.12 bits per heavy atom. The number of likely N-dealkylation sites (tertiary alicyclic amines) is 1. The van der Waals surface area contributed by atoms with E-state index in [2.05, 4.69) is 0 Å². The molecule has 0 saturated carbocycles. The van der Waals surface area contributed by atoms with Gasteiger partial charge in [0.05, 0.1) is 13.7 Å². The lowest BCUT2D eigenvalue weighted by Gasteiger charge is -2.17. The SMILES string of the molecule is COc1ccccc1OC1CCN(C(=S)Cl)C1. The Morgan fingerprint density at radius 1 is 1.41 bits per heavy atom. The van der Waals surface area contributed by atoms with Crippen molar-refractivity contribution in [3.63, 3.8) is 0 Å². The van der Waals surface area contributed by atoms with Crippen molar-refractivity contribution in [2.75, 3.05) is 20.2 Å². The van der Waals surface area contributed by atoms with E-state index in [0.717, 1.165) is 31.0 Å². The Kier molecular flexibility index (Phi) is 4.07. The normalized spacial score (nSPS) is 19.2. The van der Waals surface area contributed by atoms with Crippen LogP contribution in [0, 0.1) is 0 Å². The summed E-state index contributed by atoms with van der Waals surface area (Å²) in [5, 5.41) is 0. The van der Waals surface area contributed by atoms with Crippen LogP contribution in [-0.2, 0) is 0 Å². The molecule has 17 heavy (non-hydrogen) atoms. The van der Waals surface area contributed by atoms with Gasteiger partial charge >= 0.3 is 0 Å². The molecule has 0 bridgehead atoms. The zero-order valence-electron chi connectivity index (χ0n) is 9.56. The lowest BCUT2D eigenvalue weighted by molar-refractivity contribution is 0.205. The number of rotatable bonds is 3. The van der Waals surface area contributed by atoms with E-state index in [-0.39, 0.29) is 6.10 Å². The van der Waals surface area contributed by atoms with Gasteiger partial charge in [-0.3, -0.25) is 0 Å². The second kappa shape index (κ2) is 5.56. The molecule has 1 unspecified atom stereocenters. The summed E-state index contributed by atoms with van der Waals surface area (Å²) in [6, 6.07) is 7.63. The summed E-state index contributed by atoms with van der Waals surface area (Å²) in [7, 11) is 1.64. The third-order valence-electron chi connectivity index (χ3n) is 2.76. The van der Waals surface area contributed by atoms with Gasteiger partial charge in [-0.05, 0) is 24.4 Å². The van der Waals surface area contributed by atoms with Crippen molar-refractivity contribution in [2.24, 2.45) is 0 Å². The molecule has 1 fully saturated rings. The molecule has 1 heterocycles. The van der Waals surface area contributed by atoms with Crippen molar-refractivity contribution in [2.45, 2.75) is 12.5 Å². The molecule has 1 saturated heterocycles. The van der Waals surface area contributed by atoms with Crippen molar-refractivity contribution >= 4 is 28.3 Å². The third kappa shape index (κ3) is 3.01. The minimum Gasteiger partial charge on any atom is -0.493 e. The van der Waals surface area contributed by atoms with Crippen molar-refractivity contribution < 1.29 is 9.47 Å². The number of ether oxygens (including phenoxy) is 2. The van der Waals surface area contributed by atoms with Crippen LogP contribution in [0.5, 0.6) is 11.5 Å². The standard InChI is InChI=1S/C12H14ClNO2S/c1-15-10-4-2-3-5-11(10)16-9-6-7-14(8-9)12(13)17/h2-5,9H,6-8H2,1H3. The van der Waals surface area contributed by atoms with Gasteiger partial charge in [-0.25, -0.2) is 0 Å². The highest BCUT2D eigenvalue weighted by molar-refractivity contribution is 7.83. The van der Waals surface area contributed by atoms with Gasteiger partial charge in [0.15, 0.2) is 15.9 Å². The summed E-state index contributed by atoms with van der Waals surface area (Å²) >= 11 is 10.7. The Balaban J connectivity index is 2.00. The van der Waals surface area contributed by atoms with Crippen molar-refractivity contribution in [1.29, 1.82) is 0 Å². The minimum absolute atomic E-state index is 0.114. The molecule has 2 rings (SSSR count). The van der Waals surface area contributed by atoms with Crippen LogP contribution in [0.4, 0.5) is 0 Å². The van der Waals surface area contributed by atoms with Crippen LogP contribution >= 0.6 is 23.8 Å².